The summed E-state index contributed by atoms with van der Waals surface area (Å²) in [4.78, 5) is 53.3. The number of aryl methyl sites for hydroxylation is 2. The van der Waals surface area contributed by atoms with E-state index in [9.17, 15) is 19.2 Å². The third-order valence-corrected chi connectivity index (χ3v) is 21.0. The number of benzene rings is 1. The van der Waals surface area contributed by atoms with Crippen LogP contribution in [0.1, 0.15) is 98.2 Å². The summed E-state index contributed by atoms with van der Waals surface area (Å²) in [5.74, 6) is 0.561. The first kappa shape index (κ1) is 47.2. The summed E-state index contributed by atoms with van der Waals surface area (Å²) in [6.45, 7) is 29.0. The molecule has 2 aliphatic rings. The third-order valence-electron chi connectivity index (χ3n) is 11.8. The molecule has 2 aromatic heterocycles. The van der Waals surface area contributed by atoms with Crippen LogP contribution >= 0.6 is 12.2 Å². The number of hydrogen-bond acceptors (Lipinski definition) is 11. The van der Waals surface area contributed by atoms with Crippen LogP contribution in [0, 0.1) is 13.8 Å². The molecule has 7 atom stereocenters. The summed E-state index contributed by atoms with van der Waals surface area (Å²) >= 11 is 5.40. The lowest BCUT2D eigenvalue weighted by Crippen LogP contribution is -2.50. The molecule has 58 heavy (non-hydrogen) atoms. The van der Waals surface area contributed by atoms with E-state index in [1.54, 1.807) is 32.2 Å². The average molecular weight is 861 g/mol. The van der Waals surface area contributed by atoms with Crippen LogP contribution in [0.25, 0.3) is 0 Å². The van der Waals surface area contributed by atoms with Gasteiger partial charge in [0.15, 0.2) is 35.2 Å². The minimum atomic E-state index is -2.33. The maximum atomic E-state index is 12.7. The van der Waals surface area contributed by atoms with Crippen molar-refractivity contribution in [1.29, 1.82) is 0 Å². The number of ether oxygens (including phenoxy) is 4. The van der Waals surface area contributed by atoms with Gasteiger partial charge in [0.25, 0.3) is 11.1 Å². The Morgan fingerprint density at radius 1 is 0.759 bits per heavy atom. The van der Waals surface area contributed by atoms with Gasteiger partial charge in [-0.2, -0.15) is 0 Å². The van der Waals surface area contributed by atoms with Gasteiger partial charge in [-0.25, -0.2) is 9.59 Å². The lowest BCUT2D eigenvalue weighted by Gasteiger charge is -2.40. The number of hydrogen-bond donors (Lipinski definition) is 2. The Hall–Kier alpha value is -3.46. The number of aromatic nitrogens is 4. The molecule has 5 rings (SSSR count). The molecular formula is C41H64N4O10SSi2. The Labute approximate surface area is 348 Å². The maximum Gasteiger partial charge on any atom is 0.358 e. The second-order valence-electron chi connectivity index (χ2n) is 18.2. The Bertz CT molecular complexity index is 2120. The Morgan fingerprint density at radius 2 is 1.26 bits per heavy atom. The van der Waals surface area contributed by atoms with Crippen LogP contribution < -0.4 is 27.2 Å². The molecule has 2 fully saturated rings. The Balaban J connectivity index is 0.000000273. The van der Waals surface area contributed by atoms with Gasteiger partial charge in [0.05, 0.1) is 18.3 Å². The van der Waals surface area contributed by atoms with E-state index in [1.807, 2.05) is 25.1 Å². The SMILES string of the molecule is CC[C@@H]1CC(O[Si](C)(C)C(C)(C)C)[C@H](n2cc(C)c(=O)[nH]c2=O)O1.CC[C@H]1O[C@@H](n2cc(C)c(=O)[nH]c2=O)C(O[Si](C)(C)C(C)(C)C)[C@H]1OC(=S)Oc1ccccc1. The molecule has 2 unspecified atom stereocenters. The molecule has 1 aromatic carbocycles. The van der Waals surface area contributed by atoms with Crippen molar-refractivity contribution in [2.75, 3.05) is 0 Å². The van der Waals surface area contributed by atoms with Crippen LogP contribution in [0.15, 0.2) is 61.9 Å². The van der Waals surface area contributed by atoms with Crippen LogP contribution in [-0.4, -0.2) is 71.5 Å². The predicted molar refractivity (Wildman–Crippen MR) is 234 cm³/mol. The van der Waals surface area contributed by atoms with Crippen LogP contribution in [0.2, 0.25) is 36.3 Å². The number of thiocarbonyl (C=S) groups is 1. The van der Waals surface area contributed by atoms with Gasteiger partial charge in [0.1, 0.15) is 11.9 Å². The predicted octanol–water partition coefficient (Wildman–Crippen LogP) is 7.22. The smallest absolute Gasteiger partial charge is 0.358 e. The fourth-order valence-electron chi connectivity index (χ4n) is 6.20. The van der Waals surface area contributed by atoms with Crippen molar-refractivity contribution in [2.24, 2.45) is 0 Å². The van der Waals surface area contributed by atoms with Gasteiger partial charge < -0.3 is 27.8 Å². The van der Waals surface area contributed by atoms with Gasteiger partial charge in [0.2, 0.25) is 0 Å². The number of rotatable bonds is 10. The standard InChI is InChI=1S/C24H34N2O6SSi.C17H30N2O4Si/c1-8-17-18(31-23(33)29-16-12-10-9-11-13-16)19(32-34(6,7)24(3,4)5)21(30-17)26-14-15(2)20(27)25-22(26)28;1-8-12-9-13(23-24(6,7)17(3,4)5)15(22-12)19-10-11(2)14(20)18-16(19)21/h9-14,17-19,21H,8H2,1-7H3,(H,25,27,28);10,12-13,15H,8-9H2,1-7H3,(H,18,20,21)/t17-,18+,19?,21-;12-,13?,15-/m11/s1. The van der Waals surface area contributed by atoms with E-state index in [4.69, 9.17) is 40.0 Å². The highest BCUT2D eigenvalue weighted by molar-refractivity contribution is 7.79. The van der Waals surface area contributed by atoms with Crippen molar-refractivity contribution < 1.29 is 27.8 Å². The molecule has 0 bridgehead atoms. The molecule has 3 aromatic rings. The zero-order valence-electron chi connectivity index (χ0n) is 36.6. The highest BCUT2D eigenvalue weighted by atomic mass is 32.1. The van der Waals surface area contributed by atoms with E-state index in [2.05, 4.69) is 84.6 Å². The van der Waals surface area contributed by atoms with E-state index in [0.717, 1.165) is 12.8 Å². The molecular weight excluding hydrogens is 797 g/mol. The van der Waals surface area contributed by atoms with E-state index in [1.165, 1.54) is 15.3 Å². The summed E-state index contributed by atoms with van der Waals surface area (Å²) in [5, 5.41) is -0.0692. The average Bonchev–Trinajstić information content (AvgIpc) is 3.67. The lowest BCUT2D eigenvalue weighted by atomic mass is 10.1. The molecule has 2 saturated heterocycles. The van der Waals surface area contributed by atoms with Gasteiger partial charge in [-0.3, -0.25) is 28.7 Å². The van der Waals surface area contributed by atoms with Gasteiger partial charge in [-0.05, 0) is 75.1 Å². The Kier molecular flexibility index (Phi) is 15.0. The maximum absolute atomic E-state index is 12.7. The number of nitrogens with one attached hydrogen (secondary N) is 2. The minimum Gasteiger partial charge on any atom is -0.448 e. The van der Waals surface area contributed by atoms with E-state index >= 15 is 0 Å². The molecule has 0 aliphatic carbocycles. The van der Waals surface area contributed by atoms with Gasteiger partial charge >= 0.3 is 16.6 Å². The molecule has 2 aliphatic heterocycles. The first-order chi connectivity index (χ1) is 26.8. The van der Waals surface area contributed by atoms with Crippen molar-refractivity contribution in [1.82, 2.24) is 19.1 Å². The van der Waals surface area contributed by atoms with Crippen LogP contribution in [0.4, 0.5) is 0 Å². The van der Waals surface area contributed by atoms with Crippen LogP contribution in [-0.2, 0) is 23.1 Å². The monoisotopic (exact) mass is 860 g/mol. The van der Waals surface area contributed by atoms with Gasteiger partial charge in [0, 0.05) is 42.2 Å². The second-order valence-corrected chi connectivity index (χ2v) is 28.1. The number of para-hydroxylation sites is 1. The van der Waals surface area contributed by atoms with Crippen LogP contribution in [0.3, 0.4) is 0 Å². The Morgan fingerprint density at radius 3 is 1.74 bits per heavy atom. The van der Waals surface area contributed by atoms with E-state index in [-0.39, 0.29) is 33.1 Å². The zero-order valence-corrected chi connectivity index (χ0v) is 39.4. The highest BCUT2D eigenvalue weighted by Crippen LogP contribution is 2.44. The quantitative estimate of drug-likeness (QED) is 0.156. The normalized spacial score (nSPS) is 23.9. The molecule has 0 saturated carbocycles. The zero-order chi connectivity index (χ0) is 43.5. The topological polar surface area (TPSA) is 165 Å². The molecule has 14 nitrogen and oxygen atoms in total. The first-order valence-electron chi connectivity index (χ1n) is 20.0. The number of H-pyrrole nitrogens is 2. The number of aromatic amines is 2. The van der Waals surface area contributed by atoms with Crippen molar-refractivity contribution in [3.63, 3.8) is 0 Å². The van der Waals surface area contributed by atoms with Crippen LogP contribution in [0.5, 0.6) is 5.75 Å². The highest BCUT2D eigenvalue weighted by Gasteiger charge is 2.52. The molecule has 0 radical (unpaired) electrons. The lowest BCUT2D eigenvalue weighted by molar-refractivity contribution is -0.0374. The van der Waals surface area contributed by atoms with E-state index in [0.29, 0.717) is 23.3 Å². The minimum absolute atomic E-state index is 0.0484. The number of nitrogens with zero attached hydrogens (tertiary/aromatic N) is 2. The summed E-state index contributed by atoms with van der Waals surface area (Å²) in [6.07, 6.45) is 2.23. The van der Waals surface area contributed by atoms with E-state index < -0.39 is 64.3 Å². The summed E-state index contributed by atoms with van der Waals surface area (Å²) in [5.41, 5.74) is -0.917. The summed E-state index contributed by atoms with van der Waals surface area (Å²) in [7, 11) is -4.32. The van der Waals surface area contributed by atoms with Crippen molar-refractivity contribution >= 4 is 34.1 Å². The second kappa shape index (κ2) is 18.4. The molecule has 4 heterocycles. The molecule has 17 heteroatoms. The summed E-state index contributed by atoms with van der Waals surface area (Å²) < 4.78 is 40.4. The fourth-order valence-corrected chi connectivity index (χ4v) is 9.02. The van der Waals surface area contributed by atoms with Crippen molar-refractivity contribution in [3.05, 3.63) is 95.5 Å². The molecule has 322 valence electrons. The van der Waals surface area contributed by atoms with Crippen molar-refractivity contribution in [3.8, 4) is 5.75 Å². The fraction of sp³-hybridized carbons (Fsp3) is 0.634. The van der Waals surface area contributed by atoms with Crippen molar-refractivity contribution in [2.45, 2.75) is 168 Å². The van der Waals surface area contributed by atoms with Gasteiger partial charge in [-0.1, -0.05) is 73.6 Å². The third kappa shape index (κ3) is 11.0. The first-order valence-corrected chi connectivity index (χ1v) is 26.3. The molecule has 2 N–H and O–H groups in total. The van der Waals surface area contributed by atoms with Gasteiger partial charge in [-0.15, -0.1) is 0 Å². The molecule has 0 spiro atoms. The molecule has 0 amide bonds. The summed E-state index contributed by atoms with van der Waals surface area (Å²) in [6, 6.07) is 9.14. The largest absolute Gasteiger partial charge is 0.448 e.